The van der Waals surface area contributed by atoms with Gasteiger partial charge in [-0.15, -0.1) is 0 Å². The lowest BCUT2D eigenvalue weighted by atomic mass is 9.86. The quantitative estimate of drug-likeness (QED) is 0.836. The van der Waals surface area contributed by atoms with Crippen molar-refractivity contribution in [2.75, 3.05) is 11.9 Å². The van der Waals surface area contributed by atoms with E-state index in [1.54, 1.807) is 19.1 Å². The molecular formula is C17H23F3N2O2. The summed E-state index contributed by atoms with van der Waals surface area (Å²) < 4.78 is 41.6. The minimum Gasteiger partial charge on any atom is -0.484 e. The zero-order valence-corrected chi connectivity index (χ0v) is 13.9. The van der Waals surface area contributed by atoms with Crippen molar-refractivity contribution in [3.05, 3.63) is 23.8 Å². The number of ether oxygens (including phenoxy) is 1. The number of benzene rings is 1. The maximum absolute atomic E-state index is 12.3. The summed E-state index contributed by atoms with van der Waals surface area (Å²) in [6.07, 6.45) is -0.0921. The second kappa shape index (κ2) is 7.77. The Morgan fingerprint density at radius 1 is 1.29 bits per heavy atom. The Hall–Kier alpha value is -1.92. The molecule has 1 aliphatic carbocycles. The Balaban J connectivity index is 1.97. The van der Waals surface area contributed by atoms with Crippen molar-refractivity contribution in [1.29, 1.82) is 0 Å². The maximum atomic E-state index is 12.3. The van der Waals surface area contributed by atoms with E-state index in [1.807, 2.05) is 0 Å². The van der Waals surface area contributed by atoms with E-state index in [0.717, 1.165) is 19.3 Å². The lowest BCUT2D eigenvalue weighted by Crippen LogP contribution is -2.43. The van der Waals surface area contributed by atoms with Gasteiger partial charge in [0.15, 0.2) is 6.61 Å². The van der Waals surface area contributed by atoms with Gasteiger partial charge < -0.3 is 15.4 Å². The molecule has 1 aliphatic rings. The molecule has 0 bridgehead atoms. The third kappa shape index (κ3) is 5.32. The lowest BCUT2D eigenvalue weighted by molar-refractivity contribution is -0.153. The predicted octanol–water partition coefficient (Wildman–Crippen LogP) is 4.64. The molecule has 1 aromatic carbocycles. The maximum Gasteiger partial charge on any atom is 0.422 e. The second-order valence-corrected chi connectivity index (χ2v) is 6.30. The Morgan fingerprint density at radius 2 is 2.00 bits per heavy atom. The second-order valence-electron chi connectivity index (χ2n) is 6.30. The number of urea groups is 1. The first kappa shape index (κ1) is 18.4. The SMILES string of the molecule is Cc1c(NC(=O)NC2CCCCC2C)cccc1OCC(F)(F)F. The van der Waals surface area contributed by atoms with Crippen LogP contribution in [0.2, 0.25) is 0 Å². The summed E-state index contributed by atoms with van der Waals surface area (Å²) in [5.74, 6) is 0.531. The molecule has 0 aliphatic heterocycles. The van der Waals surface area contributed by atoms with Gasteiger partial charge in [0.2, 0.25) is 0 Å². The van der Waals surface area contributed by atoms with Crippen LogP contribution >= 0.6 is 0 Å². The number of hydrogen-bond donors (Lipinski definition) is 2. The summed E-state index contributed by atoms with van der Waals surface area (Å²) in [5, 5.41) is 5.65. The van der Waals surface area contributed by atoms with Crippen LogP contribution in [-0.2, 0) is 0 Å². The zero-order valence-electron chi connectivity index (χ0n) is 13.9. The highest BCUT2D eigenvalue weighted by Crippen LogP contribution is 2.28. The van der Waals surface area contributed by atoms with Gasteiger partial charge in [-0.1, -0.05) is 25.8 Å². The molecule has 1 saturated carbocycles. The Labute approximate surface area is 139 Å². The predicted molar refractivity (Wildman–Crippen MR) is 86.3 cm³/mol. The van der Waals surface area contributed by atoms with E-state index in [-0.39, 0.29) is 17.8 Å². The van der Waals surface area contributed by atoms with Crippen LogP contribution in [0.5, 0.6) is 5.75 Å². The number of hydrogen-bond acceptors (Lipinski definition) is 2. The molecule has 0 saturated heterocycles. The van der Waals surface area contributed by atoms with Gasteiger partial charge in [-0.2, -0.15) is 13.2 Å². The zero-order chi connectivity index (χ0) is 17.7. The van der Waals surface area contributed by atoms with Crippen LogP contribution in [0.3, 0.4) is 0 Å². The standard InChI is InChI=1S/C17H23F3N2O2/c1-11-6-3-4-7-13(11)21-16(23)22-14-8-5-9-15(12(14)2)24-10-17(18,19)20/h5,8-9,11,13H,3-4,6-7,10H2,1-2H3,(H2,21,22,23). The number of halogens is 3. The van der Waals surface area contributed by atoms with Crippen molar-refractivity contribution in [3.8, 4) is 5.75 Å². The largest absolute Gasteiger partial charge is 0.484 e. The average molecular weight is 344 g/mol. The topological polar surface area (TPSA) is 50.4 Å². The van der Waals surface area contributed by atoms with E-state index < -0.39 is 12.8 Å². The van der Waals surface area contributed by atoms with Gasteiger partial charge in [0, 0.05) is 17.3 Å². The van der Waals surface area contributed by atoms with Crippen molar-refractivity contribution in [2.45, 2.75) is 51.7 Å². The minimum absolute atomic E-state index is 0.108. The third-order valence-corrected chi connectivity index (χ3v) is 4.35. The van der Waals surface area contributed by atoms with Crippen molar-refractivity contribution >= 4 is 11.7 Å². The fraction of sp³-hybridized carbons (Fsp3) is 0.588. The molecule has 0 heterocycles. The van der Waals surface area contributed by atoms with Gasteiger partial charge in [0.25, 0.3) is 0 Å². The highest BCUT2D eigenvalue weighted by molar-refractivity contribution is 5.90. The number of carbonyl (C=O) groups excluding carboxylic acids is 1. The number of amides is 2. The molecule has 2 amide bonds. The number of rotatable bonds is 4. The molecule has 2 N–H and O–H groups in total. The highest BCUT2D eigenvalue weighted by Gasteiger charge is 2.29. The van der Waals surface area contributed by atoms with Crippen LogP contribution < -0.4 is 15.4 Å². The van der Waals surface area contributed by atoms with Crippen molar-refractivity contribution < 1.29 is 22.7 Å². The third-order valence-electron chi connectivity index (χ3n) is 4.35. The molecule has 2 atom stereocenters. The fourth-order valence-corrected chi connectivity index (χ4v) is 2.92. The van der Waals surface area contributed by atoms with Gasteiger partial charge in [-0.25, -0.2) is 4.79 Å². The summed E-state index contributed by atoms with van der Waals surface area (Å²) in [5.41, 5.74) is 0.907. The first-order chi connectivity index (χ1) is 11.3. The van der Waals surface area contributed by atoms with Crippen LogP contribution in [0.15, 0.2) is 18.2 Å². The monoisotopic (exact) mass is 344 g/mol. The fourth-order valence-electron chi connectivity index (χ4n) is 2.92. The van der Waals surface area contributed by atoms with E-state index >= 15 is 0 Å². The number of alkyl halides is 3. The van der Waals surface area contributed by atoms with Crippen molar-refractivity contribution in [2.24, 2.45) is 5.92 Å². The normalized spacial score (nSPS) is 21.2. The highest BCUT2D eigenvalue weighted by atomic mass is 19.4. The number of nitrogens with one attached hydrogen (secondary N) is 2. The summed E-state index contributed by atoms with van der Waals surface area (Å²) in [7, 11) is 0. The minimum atomic E-state index is -4.40. The van der Waals surface area contributed by atoms with Gasteiger partial charge >= 0.3 is 12.2 Å². The van der Waals surface area contributed by atoms with E-state index in [2.05, 4.69) is 17.6 Å². The molecule has 2 unspecified atom stereocenters. The van der Waals surface area contributed by atoms with Gasteiger partial charge in [0.1, 0.15) is 5.75 Å². The van der Waals surface area contributed by atoms with E-state index in [0.29, 0.717) is 17.2 Å². The molecule has 134 valence electrons. The van der Waals surface area contributed by atoms with Crippen molar-refractivity contribution in [3.63, 3.8) is 0 Å². The van der Waals surface area contributed by atoms with E-state index in [9.17, 15) is 18.0 Å². The molecule has 0 spiro atoms. The molecule has 7 heteroatoms. The summed E-state index contributed by atoms with van der Waals surface area (Å²) >= 11 is 0. The van der Waals surface area contributed by atoms with Gasteiger partial charge in [-0.3, -0.25) is 0 Å². The lowest BCUT2D eigenvalue weighted by Gasteiger charge is -2.29. The molecule has 1 aromatic rings. The number of carbonyl (C=O) groups is 1. The Bertz CT molecular complexity index is 575. The Kier molecular flexibility index (Phi) is 5.96. The molecule has 1 fully saturated rings. The first-order valence-electron chi connectivity index (χ1n) is 8.13. The molecule has 24 heavy (non-hydrogen) atoms. The summed E-state index contributed by atoms with van der Waals surface area (Å²) in [6.45, 7) is 2.37. The Morgan fingerprint density at radius 3 is 2.67 bits per heavy atom. The van der Waals surface area contributed by atoms with Gasteiger partial charge in [-0.05, 0) is 37.8 Å². The van der Waals surface area contributed by atoms with Crippen LogP contribution in [0.1, 0.15) is 38.2 Å². The molecule has 0 aromatic heterocycles. The number of anilines is 1. The van der Waals surface area contributed by atoms with Gasteiger partial charge in [0.05, 0.1) is 0 Å². The van der Waals surface area contributed by atoms with E-state index in [4.69, 9.17) is 4.74 Å². The van der Waals surface area contributed by atoms with Crippen LogP contribution in [0.25, 0.3) is 0 Å². The van der Waals surface area contributed by atoms with E-state index in [1.165, 1.54) is 12.5 Å². The molecule has 4 nitrogen and oxygen atoms in total. The van der Waals surface area contributed by atoms with Crippen LogP contribution in [0, 0.1) is 12.8 Å². The van der Waals surface area contributed by atoms with Crippen molar-refractivity contribution in [1.82, 2.24) is 5.32 Å². The molecule has 0 radical (unpaired) electrons. The smallest absolute Gasteiger partial charge is 0.422 e. The average Bonchev–Trinajstić information content (AvgIpc) is 2.49. The molecular weight excluding hydrogens is 321 g/mol. The van der Waals surface area contributed by atoms with Crippen LogP contribution in [0.4, 0.5) is 23.7 Å². The van der Waals surface area contributed by atoms with Crippen LogP contribution in [-0.4, -0.2) is 24.9 Å². The summed E-state index contributed by atoms with van der Waals surface area (Å²) in [6, 6.07) is 4.43. The molecule has 2 rings (SSSR count). The summed E-state index contributed by atoms with van der Waals surface area (Å²) in [4.78, 5) is 12.2. The first-order valence-corrected chi connectivity index (χ1v) is 8.13.